The molecule has 2 N–H and O–H groups in total. The number of anilines is 1. The summed E-state index contributed by atoms with van der Waals surface area (Å²) in [4.78, 5) is 16.2. The van der Waals surface area contributed by atoms with E-state index in [2.05, 4.69) is 20.8 Å². The number of nitrogens with zero attached hydrogens (tertiary/aromatic N) is 2. The summed E-state index contributed by atoms with van der Waals surface area (Å²) in [5, 5.41) is 10.5. The predicted octanol–water partition coefficient (Wildman–Crippen LogP) is 1.58. The largest absolute Gasteiger partial charge is 0.376 e. The van der Waals surface area contributed by atoms with E-state index in [0.717, 1.165) is 44.5 Å². The third-order valence-corrected chi connectivity index (χ3v) is 5.03. The zero-order chi connectivity index (χ0) is 14.9. The van der Waals surface area contributed by atoms with Crippen molar-refractivity contribution in [1.29, 1.82) is 0 Å². The first-order chi connectivity index (χ1) is 10.8. The number of carbonyl (C=O) groups is 1. The van der Waals surface area contributed by atoms with Crippen molar-refractivity contribution in [3.63, 3.8) is 0 Å². The molecule has 2 aliphatic heterocycles. The molecule has 3 atom stereocenters. The molecule has 2 saturated heterocycles. The summed E-state index contributed by atoms with van der Waals surface area (Å²) >= 11 is 0. The molecule has 3 aliphatic rings. The molecule has 4 rings (SSSR count). The summed E-state index contributed by atoms with van der Waals surface area (Å²) in [7, 11) is 0. The van der Waals surface area contributed by atoms with Gasteiger partial charge in [-0.05, 0) is 32.1 Å². The molecule has 1 amide bonds. The lowest BCUT2D eigenvalue weighted by Crippen LogP contribution is -2.56. The molecule has 0 spiro atoms. The molecular weight excluding hydrogens is 284 g/mol. The number of rotatable bonds is 4. The number of piperidine rings is 1. The van der Waals surface area contributed by atoms with E-state index in [4.69, 9.17) is 9.26 Å². The lowest BCUT2D eigenvalue weighted by Gasteiger charge is -2.35. The summed E-state index contributed by atoms with van der Waals surface area (Å²) in [5.41, 5.74) is 0. The molecule has 3 heterocycles. The van der Waals surface area contributed by atoms with Gasteiger partial charge in [0, 0.05) is 18.9 Å². The highest BCUT2D eigenvalue weighted by atomic mass is 16.5. The summed E-state index contributed by atoms with van der Waals surface area (Å²) in [6.07, 6.45) is 6.94. The molecule has 1 aromatic heterocycles. The minimum atomic E-state index is -0.0252. The van der Waals surface area contributed by atoms with Gasteiger partial charge in [0.05, 0.1) is 18.2 Å². The summed E-state index contributed by atoms with van der Waals surface area (Å²) < 4.78 is 11.1. The molecule has 0 aromatic carbocycles. The van der Waals surface area contributed by atoms with Crippen LogP contribution in [0.2, 0.25) is 0 Å². The first kappa shape index (κ1) is 14.0. The van der Waals surface area contributed by atoms with Crippen LogP contribution in [-0.4, -0.2) is 40.8 Å². The average Bonchev–Trinajstić information content (AvgIpc) is 3.11. The SMILES string of the molecule is O=C1CC[C@H](Nc2nc(C3CCC3)no2)[C@@H](C2CCCO2)N1. The van der Waals surface area contributed by atoms with E-state index in [-0.39, 0.29) is 24.1 Å². The lowest BCUT2D eigenvalue weighted by molar-refractivity contribution is -0.124. The monoisotopic (exact) mass is 306 g/mol. The standard InChI is InChI=1S/C15H22N4O3/c20-12-7-6-10(13(17-12)11-5-2-8-21-11)16-15-18-14(19-22-15)9-3-1-4-9/h9-11,13H,1-8H2,(H,17,20)(H,16,18,19)/t10-,11?,13-/m0/s1. The maximum atomic E-state index is 11.7. The minimum Gasteiger partial charge on any atom is -0.376 e. The van der Waals surface area contributed by atoms with Crippen molar-refractivity contribution in [3.8, 4) is 0 Å². The van der Waals surface area contributed by atoms with Crippen molar-refractivity contribution >= 4 is 11.9 Å². The van der Waals surface area contributed by atoms with Crippen LogP contribution in [0.1, 0.15) is 56.7 Å². The number of aromatic nitrogens is 2. The van der Waals surface area contributed by atoms with Crippen molar-refractivity contribution in [2.75, 3.05) is 11.9 Å². The van der Waals surface area contributed by atoms with Crippen LogP contribution in [0.3, 0.4) is 0 Å². The van der Waals surface area contributed by atoms with Gasteiger partial charge in [0.15, 0.2) is 5.82 Å². The highest BCUT2D eigenvalue weighted by Crippen LogP contribution is 2.35. The molecule has 7 heteroatoms. The molecule has 120 valence electrons. The third-order valence-electron chi connectivity index (χ3n) is 5.03. The second-order valence-electron chi connectivity index (χ2n) is 6.52. The maximum absolute atomic E-state index is 11.7. The fraction of sp³-hybridized carbons (Fsp3) is 0.800. The Morgan fingerprint density at radius 3 is 2.82 bits per heavy atom. The van der Waals surface area contributed by atoms with Crippen LogP contribution < -0.4 is 10.6 Å². The Morgan fingerprint density at radius 1 is 1.18 bits per heavy atom. The van der Waals surface area contributed by atoms with Gasteiger partial charge in [-0.15, -0.1) is 0 Å². The van der Waals surface area contributed by atoms with Gasteiger partial charge in [-0.3, -0.25) is 4.79 Å². The first-order valence-corrected chi connectivity index (χ1v) is 8.31. The molecule has 1 saturated carbocycles. The van der Waals surface area contributed by atoms with E-state index in [1.807, 2.05) is 0 Å². The van der Waals surface area contributed by atoms with Crippen LogP contribution in [0.5, 0.6) is 0 Å². The fourth-order valence-electron chi connectivity index (χ4n) is 3.51. The summed E-state index contributed by atoms with van der Waals surface area (Å²) in [6.45, 7) is 0.774. The van der Waals surface area contributed by atoms with E-state index < -0.39 is 0 Å². The van der Waals surface area contributed by atoms with Crippen molar-refractivity contribution in [1.82, 2.24) is 15.5 Å². The van der Waals surface area contributed by atoms with Crippen molar-refractivity contribution in [2.24, 2.45) is 0 Å². The van der Waals surface area contributed by atoms with Crippen molar-refractivity contribution < 1.29 is 14.1 Å². The fourth-order valence-corrected chi connectivity index (χ4v) is 3.51. The number of ether oxygens (including phenoxy) is 1. The number of carbonyl (C=O) groups excluding carboxylic acids is 1. The molecule has 1 aliphatic carbocycles. The smallest absolute Gasteiger partial charge is 0.321 e. The van der Waals surface area contributed by atoms with Gasteiger partial charge in [0.1, 0.15) is 0 Å². The Kier molecular flexibility index (Phi) is 3.73. The molecule has 0 bridgehead atoms. The Labute approximate surface area is 129 Å². The van der Waals surface area contributed by atoms with E-state index in [0.29, 0.717) is 18.4 Å². The molecule has 7 nitrogen and oxygen atoms in total. The second-order valence-corrected chi connectivity index (χ2v) is 6.52. The highest BCUT2D eigenvalue weighted by molar-refractivity contribution is 5.77. The topological polar surface area (TPSA) is 89.3 Å². The maximum Gasteiger partial charge on any atom is 0.321 e. The molecule has 1 aromatic rings. The molecule has 22 heavy (non-hydrogen) atoms. The van der Waals surface area contributed by atoms with Crippen LogP contribution in [0.4, 0.5) is 6.01 Å². The van der Waals surface area contributed by atoms with E-state index >= 15 is 0 Å². The van der Waals surface area contributed by atoms with Gasteiger partial charge in [-0.2, -0.15) is 4.98 Å². The minimum absolute atomic E-state index is 0.0252. The van der Waals surface area contributed by atoms with Gasteiger partial charge in [-0.1, -0.05) is 11.6 Å². The van der Waals surface area contributed by atoms with Gasteiger partial charge in [0.2, 0.25) is 5.91 Å². The molecule has 0 radical (unpaired) electrons. The molecular formula is C15H22N4O3. The van der Waals surface area contributed by atoms with Crippen molar-refractivity contribution in [3.05, 3.63) is 5.82 Å². The average molecular weight is 306 g/mol. The number of hydrogen-bond donors (Lipinski definition) is 2. The second kappa shape index (κ2) is 5.87. The lowest BCUT2D eigenvalue weighted by atomic mass is 9.85. The van der Waals surface area contributed by atoms with E-state index in [9.17, 15) is 4.79 Å². The van der Waals surface area contributed by atoms with Crippen molar-refractivity contribution in [2.45, 2.75) is 69.1 Å². The van der Waals surface area contributed by atoms with Crippen LogP contribution in [0, 0.1) is 0 Å². The van der Waals surface area contributed by atoms with Gasteiger partial charge in [-0.25, -0.2) is 0 Å². The summed E-state index contributed by atoms with van der Waals surface area (Å²) in [5.74, 6) is 1.36. The summed E-state index contributed by atoms with van der Waals surface area (Å²) in [6, 6.07) is 0.518. The number of amides is 1. The van der Waals surface area contributed by atoms with E-state index in [1.54, 1.807) is 0 Å². The highest BCUT2D eigenvalue weighted by Gasteiger charge is 2.37. The number of nitrogens with one attached hydrogen (secondary N) is 2. The predicted molar refractivity (Wildman–Crippen MR) is 78.4 cm³/mol. The van der Waals surface area contributed by atoms with Crippen LogP contribution in [-0.2, 0) is 9.53 Å². The van der Waals surface area contributed by atoms with Crippen LogP contribution in [0.25, 0.3) is 0 Å². The Balaban J connectivity index is 1.44. The molecule has 3 fully saturated rings. The zero-order valence-corrected chi connectivity index (χ0v) is 12.6. The van der Waals surface area contributed by atoms with Gasteiger partial charge >= 0.3 is 6.01 Å². The number of hydrogen-bond acceptors (Lipinski definition) is 6. The van der Waals surface area contributed by atoms with Crippen LogP contribution >= 0.6 is 0 Å². The Hall–Kier alpha value is -1.63. The first-order valence-electron chi connectivity index (χ1n) is 8.31. The van der Waals surface area contributed by atoms with E-state index in [1.165, 1.54) is 6.42 Å². The Morgan fingerprint density at radius 2 is 2.09 bits per heavy atom. The van der Waals surface area contributed by atoms with Gasteiger partial charge < -0.3 is 19.9 Å². The molecule has 1 unspecified atom stereocenters. The van der Waals surface area contributed by atoms with Crippen LogP contribution in [0.15, 0.2) is 4.52 Å². The zero-order valence-electron chi connectivity index (χ0n) is 12.6. The Bertz CT molecular complexity index is 537. The quantitative estimate of drug-likeness (QED) is 0.878. The normalized spacial score (nSPS) is 32.5. The van der Waals surface area contributed by atoms with Gasteiger partial charge in [0.25, 0.3) is 0 Å². The third kappa shape index (κ3) is 2.69.